The van der Waals surface area contributed by atoms with Gasteiger partial charge in [0.05, 0.1) is 37.9 Å². The molecule has 2 atom stereocenters. The lowest BCUT2D eigenvalue weighted by molar-refractivity contribution is -0.115. The van der Waals surface area contributed by atoms with Crippen molar-refractivity contribution in [2.45, 2.75) is 38.3 Å². The predicted octanol–water partition coefficient (Wildman–Crippen LogP) is 3.97. The molecule has 0 saturated carbocycles. The molecule has 11 nitrogen and oxygen atoms in total. The summed E-state index contributed by atoms with van der Waals surface area (Å²) in [6.07, 6.45) is 3.39. The quantitative estimate of drug-likeness (QED) is 0.178. The van der Waals surface area contributed by atoms with Gasteiger partial charge in [0.2, 0.25) is 5.91 Å². The molecule has 1 aliphatic heterocycles. The van der Waals surface area contributed by atoms with Crippen LogP contribution in [0.3, 0.4) is 0 Å². The minimum absolute atomic E-state index is 0.0490. The normalized spacial score (nSPS) is 16.9. The lowest BCUT2D eigenvalue weighted by Gasteiger charge is -2.32. The maximum atomic E-state index is 13.4. The van der Waals surface area contributed by atoms with Crippen molar-refractivity contribution in [2.75, 3.05) is 43.6 Å². The van der Waals surface area contributed by atoms with Crippen LogP contribution < -0.4 is 20.7 Å². The van der Waals surface area contributed by atoms with Crippen molar-refractivity contribution in [3.8, 4) is 5.75 Å². The zero-order chi connectivity index (χ0) is 28.4. The molecule has 5 rings (SSSR count). The Balaban J connectivity index is 1.13. The van der Waals surface area contributed by atoms with Crippen molar-refractivity contribution < 1.29 is 23.4 Å². The summed E-state index contributed by atoms with van der Waals surface area (Å²) in [4.78, 5) is 21.1. The molecular formula is C29H34FN7O4. The summed E-state index contributed by atoms with van der Waals surface area (Å²) in [7, 11) is 0. The number of H-pyrrole nitrogens is 1. The number of anilines is 3. The summed E-state index contributed by atoms with van der Waals surface area (Å²) < 4.78 is 30.8. The molecule has 216 valence electrons. The van der Waals surface area contributed by atoms with E-state index in [9.17, 15) is 9.18 Å². The fourth-order valence-corrected chi connectivity index (χ4v) is 4.69. The van der Waals surface area contributed by atoms with Crippen LogP contribution in [0.5, 0.6) is 5.75 Å². The summed E-state index contributed by atoms with van der Waals surface area (Å²) in [5, 5.41) is 17.3. The molecule has 4 N–H and O–H groups in total. The standard InChI is InChI=1S/C29H34FN7O4/c1-2-39-17-26-24(31-10-12-41-26)7-4-11-40-22-8-9-23-25(16-22)32-18-33-29(23)35-27-14-21(36-37-27)15-28(38)34-20-6-3-5-19(30)13-20/h3,5-6,8-9,13-14,16,18,24,26,31H,2,4,7,10-12,15,17H2,1H3,(H,34,38)(H2,32,33,35,36,37)/t24-,26+/m0/s1. The van der Waals surface area contributed by atoms with Crippen molar-refractivity contribution in [2.24, 2.45) is 0 Å². The lowest BCUT2D eigenvalue weighted by atomic mass is 10.0. The summed E-state index contributed by atoms with van der Waals surface area (Å²) in [6.45, 7) is 5.39. The van der Waals surface area contributed by atoms with Gasteiger partial charge in [0.1, 0.15) is 23.7 Å². The van der Waals surface area contributed by atoms with E-state index in [4.69, 9.17) is 14.2 Å². The first kappa shape index (κ1) is 28.4. The molecule has 3 heterocycles. The topological polar surface area (TPSA) is 135 Å². The minimum atomic E-state index is -0.416. The Morgan fingerprint density at radius 2 is 2.12 bits per heavy atom. The second kappa shape index (κ2) is 14.0. The van der Waals surface area contributed by atoms with Gasteiger partial charge < -0.3 is 30.2 Å². The van der Waals surface area contributed by atoms with E-state index < -0.39 is 5.82 Å². The average Bonchev–Trinajstić information content (AvgIpc) is 3.41. The molecule has 2 aromatic heterocycles. The first-order valence-electron chi connectivity index (χ1n) is 13.7. The van der Waals surface area contributed by atoms with Gasteiger partial charge in [0.25, 0.3) is 0 Å². The number of amides is 1. The molecule has 0 radical (unpaired) electrons. The Bertz CT molecular complexity index is 1450. The molecule has 0 aliphatic carbocycles. The fraction of sp³-hybridized carbons (Fsp3) is 0.379. The first-order chi connectivity index (χ1) is 20.1. The van der Waals surface area contributed by atoms with Crippen molar-refractivity contribution >= 4 is 34.1 Å². The number of aromatic amines is 1. The van der Waals surface area contributed by atoms with Gasteiger partial charge in [-0.1, -0.05) is 6.07 Å². The zero-order valence-electron chi connectivity index (χ0n) is 22.9. The molecule has 4 aromatic rings. The molecule has 12 heteroatoms. The second-order valence-corrected chi connectivity index (χ2v) is 9.66. The number of nitrogens with zero attached hydrogens (tertiary/aromatic N) is 3. The Labute approximate surface area is 237 Å². The largest absolute Gasteiger partial charge is 0.494 e. The molecule has 2 aromatic carbocycles. The third kappa shape index (κ3) is 7.97. The zero-order valence-corrected chi connectivity index (χ0v) is 22.9. The summed E-state index contributed by atoms with van der Waals surface area (Å²) in [5.74, 6) is 1.10. The van der Waals surface area contributed by atoms with Gasteiger partial charge in [0.15, 0.2) is 5.82 Å². The summed E-state index contributed by atoms with van der Waals surface area (Å²) >= 11 is 0. The van der Waals surface area contributed by atoms with E-state index in [2.05, 4.69) is 36.1 Å². The van der Waals surface area contributed by atoms with Crippen LogP contribution in [0.1, 0.15) is 25.5 Å². The van der Waals surface area contributed by atoms with Gasteiger partial charge in [-0.15, -0.1) is 0 Å². The van der Waals surface area contributed by atoms with Gasteiger partial charge in [-0.2, -0.15) is 5.10 Å². The fourth-order valence-electron chi connectivity index (χ4n) is 4.69. The Kier molecular flexibility index (Phi) is 9.68. The van der Waals surface area contributed by atoms with E-state index in [1.165, 1.54) is 24.5 Å². The smallest absolute Gasteiger partial charge is 0.230 e. The second-order valence-electron chi connectivity index (χ2n) is 9.66. The van der Waals surface area contributed by atoms with E-state index in [1.54, 1.807) is 12.1 Å². The monoisotopic (exact) mass is 563 g/mol. The first-order valence-corrected chi connectivity index (χ1v) is 13.7. The number of hydrogen-bond donors (Lipinski definition) is 4. The molecule has 1 amide bonds. The van der Waals surface area contributed by atoms with E-state index >= 15 is 0 Å². The maximum Gasteiger partial charge on any atom is 0.230 e. The Morgan fingerprint density at radius 1 is 1.20 bits per heavy atom. The predicted molar refractivity (Wildman–Crippen MR) is 153 cm³/mol. The Hall–Kier alpha value is -4.13. The molecule has 0 bridgehead atoms. The number of benzene rings is 2. The minimum Gasteiger partial charge on any atom is -0.494 e. The number of ether oxygens (including phenoxy) is 3. The number of carbonyl (C=O) groups excluding carboxylic acids is 1. The third-order valence-corrected chi connectivity index (χ3v) is 6.65. The van der Waals surface area contributed by atoms with Crippen LogP contribution in [0.15, 0.2) is 54.9 Å². The highest BCUT2D eigenvalue weighted by atomic mass is 19.1. The highest BCUT2D eigenvalue weighted by Gasteiger charge is 2.25. The number of rotatable bonds is 13. The number of hydrogen-bond acceptors (Lipinski definition) is 9. The van der Waals surface area contributed by atoms with Crippen LogP contribution in [0, 0.1) is 5.82 Å². The molecule has 0 spiro atoms. The average molecular weight is 564 g/mol. The number of carbonyl (C=O) groups is 1. The third-order valence-electron chi connectivity index (χ3n) is 6.65. The summed E-state index contributed by atoms with van der Waals surface area (Å²) in [6, 6.07) is 13.4. The van der Waals surface area contributed by atoms with Crippen molar-refractivity contribution in [3.05, 3.63) is 66.4 Å². The molecule has 1 aliphatic rings. The highest BCUT2D eigenvalue weighted by Crippen LogP contribution is 2.26. The number of nitrogens with one attached hydrogen (secondary N) is 4. The number of aromatic nitrogens is 4. The van der Waals surface area contributed by atoms with Gasteiger partial charge in [-0.05, 0) is 50.1 Å². The Morgan fingerprint density at radius 3 is 3.00 bits per heavy atom. The van der Waals surface area contributed by atoms with Crippen LogP contribution in [0.2, 0.25) is 0 Å². The van der Waals surface area contributed by atoms with E-state index in [-0.39, 0.29) is 24.5 Å². The van der Waals surface area contributed by atoms with Crippen LogP contribution in [-0.2, 0) is 20.7 Å². The van der Waals surface area contributed by atoms with Gasteiger partial charge >= 0.3 is 0 Å². The molecule has 0 unspecified atom stereocenters. The van der Waals surface area contributed by atoms with Crippen LogP contribution in [0.25, 0.3) is 10.9 Å². The van der Waals surface area contributed by atoms with Gasteiger partial charge in [-0.25, -0.2) is 14.4 Å². The van der Waals surface area contributed by atoms with Crippen molar-refractivity contribution in [1.82, 2.24) is 25.5 Å². The van der Waals surface area contributed by atoms with Crippen LogP contribution in [0.4, 0.5) is 21.7 Å². The molecule has 41 heavy (non-hydrogen) atoms. The van der Waals surface area contributed by atoms with E-state index in [1.807, 2.05) is 25.1 Å². The molecule has 1 saturated heterocycles. The van der Waals surface area contributed by atoms with Crippen molar-refractivity contribution in [3.63, 3.8) is 0 Å². The lowest BCUT2D eigenvalue weighted by Crippen LogP contribution is -2.50. The molecule has 1 fully saturated rings. The van der Waals surface area contributed by atoms with Gasteiger partial charge in [-0.3, -0.25) is 9.89 Å². The van der Waals surface area contributed by atoms with Crippen LogP contribution >= 0.6 is 0 Å². The van der Waals surface area contributed by atoms with E-state index in [0.29, 0.717) is 49.4 Å². The highest BCUT2D eigenvalue weighted by molar-refractivity contribution is 5.93. The summed E-state index contributed by atoms with van der Waals surface area (Å²) in [5.41, 5.74) is 1.71. The number of halogens is 1. The number of fused-ring (bicyclic) bond motifs is 1. The van der Waals surface area contributed by atoms with Gasteiger partial charge in [0, 0.05) is 48.1 Å². The maximum absolute atomic E-state index is 13.4. The van der Waals surface area contributed by atoms with E-state index in [0.717, 1.165) is 36.0 Å². The van der Waals surface area contributed by atoms with Crippen molar-refractivity contribution in [1.29, 1.82) is 0 Å². The number of morpholine rings is 1. The van der Waals surface area contributed by atoms with Crippen LogP contribution in [-0.4, -0.2) is 71.2 Å². The molecular weight excluding hydrogens is 529 g/mol. The SMILES string of the molecule is CCOC[C@H]1OCCN[C@H]1CCCOc1ccc2c(Nc3cc(CC(=O)Nc4cccc(F)c4)[nH]n3)ncnc2c1.